The average molecular weight is 264 g/mol. The van der Waals surface area contributed by atoms with E-state index in [-0.39, 0.29) is 5.91 Å². The van der Waals surface area contributed by atoms with Crippen LogP contribution in [0.3, 0.4) is 0 Å². The maximum absolute atomic E-state index is 11.8. The van der Waals surface area contributed by atoms with Crippen molar-refractivity contribution < 1.29 is 9.53 Å². The van der Waals surface area contributed by atoms with Gasteiger partial charge in [-0.2, -0.15) is 0 Å². The molecule has 0 heterocycles. The highest BCUT2D eigenvalue weighted by Gasteiger charge is 2.13. The molecule has 0 saturated carbocycles. The molecule has 1 atom stereocenters. The predicted molar refractivity (Wildman–Crippen MR) is 76.8 cm³/mol. The van der Waals surface area contributed by atoms with Crippen molar-refractivity contribution >= 4 is 5.91 Å². The molecule has 0 saturated heterocycles. The summed E-state index contributed by atoms with van der Waals surface area (Å²) in [5.74, 6) is 0.382. The Hall–Kier alpha value is -1.39. The van der Waals surface area contributed by atoms with Crippen LogP contribution >= 0.6 is 0 Å². The summed E-state index contributed by atoms with van der Waals surface area (Å²) in [4.78, 5) is 11.8. The van der Waals surface area contributed by atoms with Crippen molar-refractivity contribution in [3.05, 3.63) is 35.9 Å². The second-order valence-electron chi connectivity index (χ2n) is 5.06. The SMILES string of the molecule is CC(C)COCCNC(=O)C(N)Cc1ccccc1. The van der Waals surface area contributed by atoms with E-state index in [4.69, 9.17) is 10.5 Å². The monoisotopic (exact) mass is 264 g/mol. The van der Waals surface area contributed by atoms with E-state index in [0.717, 1.165) is 5.56 Å². The lowest BCUT2D eigenvalue weighted by Gasteiger charge is -2.13. The molecule has 0 radical (unpaired) electrons. The fourth-order valence-corrected chi connectivity index (χ4v) is 1.66. The molecule has 0 spiro atoms. The molecular weight excluding hydrogens is 240 g/mol. The second-order valence-corrected chi connectivity index (χ2v) is 5.06. The Kier molecular flexibility index (Phi) is 7.15. The first-order chi connectivity index (χ1) is 9.09. The third kappa shape index (κ3) is 6.94. The summed E-state index contributed by atoms with van der Waals surface area (Å²) in [6, 6.07) is 9.27. The van der Waals surface area contributed by atoms with Gasteiger partial charge in [-0.3, -0.25) is 4.79 Å². The first-order valence-electron chi connectivity index (χ1n) is 6.74. The van der Waals surface area contributed by atoms with Gasteiger partial charge in [0.25, 0.3) is 0 Å². The summed E-state index contributed by atoms with van der Waals surface area (Å²) in [7, 11) is 0. The van der Waals surface area contributed by atoms with Crippen LogP contribution in [-0.2, 0) is 16.0 Å². The molecule has 0 aliphatic carbocycles. The molecule has 1 amide bonds. The second kappa shape index (κ2) is 8.67. The highest BCUT2D eigenvalue weighted by Crippen LogP contribution is 2.01. The number of rotatable bonds is 8. The molecule has 0 aromatic heterocycles. The first kappa shape index (κ1) is 15.7. The lowest BCUT2D eigenvalue weighted by Crippen LogP contribution is -2.43. The van der Waals surface area contributed by atoms with E-state index in [0.29, 0.717) is 32.1 Å². The highest BCUT2D eigenvalue weighted by atomic mass is 16.5. The molecule has 0 aliphatic heterocycles. The van der Waals surface area contributed by atoms with E-state index >= 15 is 0 Å². The Balaban J connectivity index is 2.18. The van der Waals surface area contributed by atoms with Crippen LogP contribution in [0.1, 0.15) is 19.4 Å². The van der Waals surface area contributed by atoms with Crippen molar-refractivity contribution in [1.82, 2.24) is 5.32 Å². The molecule has 4 nitrogen and oxygen atoms in total. The van der Waals surface area contributed by atoms with Crippen molar-refractivity contribution in [3.8, 4) is 0 Å². The summed E-state index contributed by atoms with van der Waals surface area (Å²) < 4.78 is 5.39. The van der Waals surface area contributed by atoms with Crippen LogP contribution < -0.4 is 11.1 Å². The van der Waals surface area contributed by atoms with E-state index in [1.54, 1.807) is 0 Å². The summed E-state index contributed by atoms with van der Waals surface area (Å²) in [5.41, 5.74) is 6.93. The van der Waals surface area contributed by atoms with Crippen LogP contribution in [0.15, 0.2) is 30.3 Å². The van der Waals surface area contributed by atoms with Crippen LogP contribution in [0.2, 0.25) is 0 Å². The van der Waals surface area contributed by atoms with Gasteiger partial charge in [-0.1, -0.05) is 44.2 Å². The molecule has 0 aliphatic rings. The van der Waals surface area contributed by atoms with E-state index in [1.807, 2.05) is 30.3 Å². The Morgan fingerprint density at radius 3 is 2.63 bits per heavy atom. The highest BCUT2D eigenvalue weighted by molar-refractivity contribution is 5.81. The van der Waals surface area contributed by atoms with Crippen molar-refractivity contribution in [2.24, 2.45) is 11.7 Å². The Labute approximate surface area is 115 Å². The number of nitrogens with two attached hydrogens (primary N) is 1. The summed E-state index contributed by atoms with van der Waals surface area (Å²) >= 11 is 0. The molecule has 19 heavy (non-hydrogen) atoms. The van der Waals surface area contributed by atoms with Gasteiger partial charge < -0.3 is 15.8 Å². The zero-order valence-electron chi connectivity index (χ0n) is 11.8. The number of carbonyl (C=O) groups excluding carboxylic acids is 1. The van der Waals surface area contributed by atoms with Crippen LogP contribution in [-0.4, -0.2) is 31.7 Å². The van der Waals surface area contributed by atoms with Crippen molar-refractivity contribution in [3.63, 3.8) is 0 Å². The fourth-order valence-electron chi connectivity index (χ4n) is 1.66. The molecular formula is C15H24N2O2. The number of hydrogen-bond donors (Lipinski definition) is 2. The van der Waals surface area contributed by atoms with Crippen LogP contribution in [0.5, 0.6) is 0 Å². The number of carbonyl (C=O) groups is 1. The standard InChI is InChI=1S/C15H24N2O2/c1-12(2)11-19-9-8-17-15(18)14(16)10-13-6-4-3-5-7-13/h3-7,12,14H,8-11,16H2,1-2H3,(H,17,18). The maximum atomic E-state index is 11.8. The van der Waals surface area contributed by atoms with Gasteiger partial charge in [-0.15, -0.1) is 0 Å². The van der Waals surface area contributed by atoms with Crippen LogP contribution in [0, 0.1) is 5.92 Å². The fraction of sp³-hybridized carbons (Fsp3) is 0.533. The molecule has 1 unspecified atom stereocenters. The number of benzene rings is 1. The maximum Gasteiger partial charge on any atom is 0.237 e. The number of hydrogen-bond acceptors (Lipinski definition) is 3. The Morgan fingerprint density at radius 1 is 1.32 bits per heavy atom. The molecule has 3 N–H and O–H groups in total. The van der Waals surface area contributed by atoms with Crippen LogP contribution in [0.25, 0.3) is 0 Å². The molecule has 4 heteroatoms. The third-order valence-electron chi connectivity index (χ3n) is 2.63. The minimum Gasteiger partial charge on any atom is -0.379 e. The van der Waals surface area contributed by atoms with E-state index in [9.17, 15) is 4.79 Å². The number of nitrogens with one attached hydrogen (secondary N) is 1. The van der Waals surface area contributed by atoms with Crippen molar-refractivity contribution in [2.75, 3.05) is 19.8 Å². The minimum atomic E-state index is -0.507. The largest absolute Gasteiger partial charge is 0.379 e. The minimum absolute atomic E-state index is 0.128. The van der Waals surface area contributed by atoms with Crippen molar-refractivity contribution in [1.29, 1.82) is 0 Å². The topological polar surface area (TPSA) is 64.3 Å². The van der Waals surface area contributed by atoms with Gasteiger partial charge in [-0.25, -0.2) is 0 Å². The lowest BCUT2D eigenvalue weighted by molar-refractivity contribution is -0.122. The first-order valence-corrected chi connectivity index (χ1v) is 6.74. The summed E-state index contributed by atoms with van der Waals surface area (Å²) in [6.45, 7) is 5.94. The summed E-state index contributed by atoms with van der Waals surface area (Å²) in [6.07, 6.45) is 0.555. The van der Waals surface area contributed by atoms with E-state index in [2.05, 4.69) is 19.2 Å². The van der Waals surface area contributed by atoms with Crippen LogP contribution in [0.4, 0.5) is 0 Å². The third-order valence-corrected chi connectivity index (χ3v) is 2.63. The van der Waals surface area contributed by atoms with Gasteiger partial charge in [0.1, 0.15) is 0 Å². The number of amides is 1. The Bertz CT molecular complexity index is 366. The molecule has 0 fully saturated rings. The quantitative estimate of drug-likeness (QED) is 0.697. The number of ether oxygens (including phenoxy) is 1. The van der Waals surface area contributed by atoms with Crippen molar-refractivity contribution in [2.45, 2.75) is 26.3 Å². The van der Waals surface area contributed by atoms with Gasteiger partial charge in [-0.05, 0) is 17.9 Å². The molecule has 106 valence electrons. The van der Waals surface area contributed by atoms with E-state index in [1.165, 1.54) is 0 Å². The molecule has 1 aromatic carbocycles. The van der Waals surface area contributed by atoms with E-state index < -0.39 is 6.04 Å². The average Bonchev–Trinajstić information content (AvgIpc) is 2.38. The summed E-state index contributed by atoms with van der Waals surface area (Å²) in [5, 5.41) is 2.79. The van der Waals surface area contributed by atoms with Gasteiger partial charge in [0.2, 0.25) is 5.91 Å². The molecule has 0 bridgehead atoms. The Morgan fingerprint density at radius 2 is 2.00 bits per heavy atom. The predicted octanol–water partition coefficient (Wildman–Crippen LogP) is 1.35. The smallest absolute Gasteiger partial charge is 0.237 e. The van der Waals surface area contributed by atoms with Gasteiger partial charge >= 0.3 is 0 Å². The molecule has 1 aromatic rings. The lowest BCUT2D eigenvalue weighted by atomic mass is 10.1. The van der Waals surface area contributed by atoms with Gasteiger partial charge in [0.05, 0.1) is 12.6 Å². The zero-order valence-corrected chi connectivity index (χ0v) is 11.8. The van der Waals surface area contributed by atoms with Gasteiger partial charge in [0, 0.05) is 13.2 Å². The normalized spacial score (nSPS) is 12.4. The van der Waals surface area contributed by atoms with Gasteiger partial charge in [0.15, 0.2) is 0 Å². The molecule has 1 rings (SSSR count). The zero-order chi connectivity index (χ0) is 14.1.